The van der Waals surface area contributed by atoms with Gasteiger partial charge in [0, 0.05) is 25.7 Å². The number of carbonyl (C=O) groups excluding carboxylic acids is 1. The van der Waals surface area contributed by atoms with Gasteiger partial charge in [0.25, 0.3) is 0 Å². The predicted molar refractivity (Wildman–Crippen MR) is 71.4 cm³/mol. The second-order valence-corrected chi connectivity index (χ2v) is 5.70. The Kier molecular flexibility index (Phi) is 3.05. The number of hydrogen-bond donors (Lipinski definition) is 1. The van der Waals surface area contributed by atoms with Crippen molar-refractivity contribution < 1.29 is 9.18 Å². The standard InChI is InChI=1S/C15H19FN2O/c1-11-10-18(8-7-17-11)14(19)15(5-6-15)12-3-2-4-13(16)9-12/h2-4,9,11,17H,5-8,10H2,1H3/t11-/m0/s1. The van der Waals surface area contributed by atoms with Crippen molar-refractivity contribution >= 4 is 5.91 Å². The lowest BCUT2D eigenvalue weighted by atomic mass is 9.93. The van der Waals surface area contributed by atoms with E-state index in [1.807, 2.05) is 11.0 Å². The van der Waals surface area contributed by atoms with E-state index in [4.69, 9.17) is 0 Å². The van der Waals surface area contributed by atoms with Crippen LogP contribution in [0, 0.1) is 5.82 Å². The minimum absolute atomic E-state index is 0.173. The van der Waals surface area contributed by atoms with E-state index >= 15 is 0 Å². The average molecular weight is 262 g/mol. The Morgan fingerprint density at radius 2 is 2.26 bits per heavy atom. The van der Waals surface area contributed by atoms with E-state index in [2.05, 4.69) is 12.2 Å². The van der Waals surface area contributed by atoms with Crippen molar-refractivity contribution in [3.8, 4) is 0 Å². The van der Waals surface area contributed by atoms with Crippen molar-refractivity contribution in [1.29, 1.82) is 0 Å². The van der Waals surface area contributed by atoms with Crippen LogP contribution in [0.4, 0.5) is 4.39 Å². The molecule has 0 aromatic heterocycles. The summed E-state index contributed by atoms with van der Waals surface area (Å²) in [6.45, 7) is 4.42. The molecular weight excluding hydrogens is 243 g/mol. The maximum absolute atomic E-state index is 13.4. The van der Waals surface area contributed by atoms with Gasteiger partial charge >= 0.3 is 0 Å². The number of benzene rings is 1. The Morgan fingerprint density at radius 1 is 1.47 bits per heavy atom. The van der Waals surface area contributed by atoms with Crippen LogP contribution in [0.25, 0.3) is 0 Å². The van der Waals surface area contributed by atoms with Crippen molar-refractivity contribution in [3.63, 3.8) is 0 Å². The maximum Gasteiger partial charge on any atom is 0.233 e. The number of nitrogens with zero attached hydrogens (tertiary/aromatic N) is 1. The minimum Gasteiger partial charge on any atom is -0.339 e. The molecule has 19 heavy (non-hydrogen) atoms. The molecule has 1 N–H and O–H groups in total. The molecule has 1 aliphatic heterocycles. The summed E-state index contributed by atoms with van der Waals surface area (Å²) in [5, 5.41) is 3.33. The highest BCUT2D eigenvalue weighted by Gasteiger charge is 2.53. The molecule has 0 unspecified atom stereocenters. The Bertz CT molecular complexity index is 499. The summed E-state index contributed by atoms with van der Waals surface area (Å²) in [6.07, 6.45) is 1.68. The van der Waals surface area contributed by atoms with Gasteiger partial charge in [-0.3, -0.25) is 4.79 Å². The van der Waals surface area contributed by atoms with Gasteiger partial charge in [-0.2, -0.15) is 0 Å². The summed E-state index contributed by atoms with van der Waals surface area (Å²) >= 11 is 0. The summed E-state index contributed by atoms with van der Waals surface area (Å²) in [4.78, 5) is 14.6. The normalized spacial score (nSPS) is 25.2. The second kappa shape index (κ2) is 4.60. The lowest BCUT2D eigenvalue weighted by molar-refractivity contribution is -0.135. The summed E-state index contributed by atoms with van der Waals surface area (Å²) in [6, 6.07) is 6.84. The number of rotatable bonds is 2. The van der Waals surface area contributed by atoms with E-state index in [0.29, 0.717) is 6.04 Å². The smallest absolute Gasteiger partial charge is 0.233 e. The first-order valence-corrected chi connectivity index (χ1v) is 6.91. The highest BCUT2D eigenvalue weighted by atomic mass is 19.1. The fraction of sp³-hybridized carbons (Fsp3) is 0.533. The van der Waals surface area contributed by atoms with E-state index in [1.165, 1.54) is 12.1 Å². The number of piperazine rings is 1. The molecule has 1 aliphatic carbocycles. The van der Waals surface area contributed by atoms with Gasteiger partial charge in [-0.1, -0.05) is 12.1 Å². The van der Waals surface area contributed by atoms with E-state index < -0.39 is 5.41 Å². The van der Waals surface area contributed by atoms with Gasteiger partial charge in [0.1, 0.15) is 5.82 Å². The fourth-order valence-electron chi connectivity index (χ4n) is 2.96. The first kappa shape index (κ1) is 12.6. The van der Waals surface area contributed by atoms with Crippen LogP contribution in [0.5, 0.6) is 0 Å². The Labute approximate surface area is 112 Å². The maximum atomic E-state index is 13.4. The average Bonchev–Trinajstić information content (AvgIpc) is 3.19. The molecule has 4 heteroatoms. The molecule has 2 aliphatic rings. The zero-order valence-electron chi connectivity index (χ0n) is 11.2. The van der Waals surface area contributed by atoms with Crippen molar-refractivity contribution in [1.82, 2.24) is 10.2 Å². The first-order chi connectivity index (χ1) is 9.12. The molecule has 3 nitrogen and oxygen atoms in total. The topological polar surface area (TPSA) is 32.3 Å². The number of nitrogens with one attached hydrogen (secondary N) is 1. The first-order valence-electron chi connectivity index (χ1n) is 6.91. The van der Waals surface area contributed by atoms with Gasteiger partial charge in [-0.25, -0.2) is 4.39 Å². The van der Waals surface area contributed by atoms with Crippen LogP contribution in [0.15, 0.2) is 24.3 Å². The summed E-state index contributed by atoms with van der Waals surface area (Å²) in [7, 11) is 0. The number of halogens is 1. The Balaban J connectivity index is 1.82. The van der Waals surface area contributed by atoms with E-state index in [0.717, 1.165) is 38.0 Å². The molecule has 1 saturated carbocycles. The monoisotopic (exact) mass is 262 g/mol. The summed E-state index contributed by atoms with van der Waals surface area (Å²) < 4.78 is 13.4. The lowest BCUT2D eigenvalue weighted by Crippen LogP contribution is -2.53. The van der Waals surface area contributed by atoms with Crippen LogP contribution >= 0.6 is 0 Å². The van der Waals surface area contributed by atoms with Gasteiger partial charge in [-0.15, -0.1) is 0 Å². The molecule has 1 saturated heterocycles. The molecule has 0 radical (unpaired) electrons. The van der Waals surface area contributed by atoms with Crippen LogP contribution in [-0.2, 0) is 10.2 Å². The van der Waals surface area contributed by atoms with Gasteiger partial charge in [0.15, 0.2) is 0 Å². The molecule has 102 valence electrons. The van der Waals surface area contributed by atoms with Crippen LogP contribution in [0.2, 0.25) is 0 Å². The third-order valence-corrected chi connectivity index (χ3v) is 4.19. The van der Waals surface area contributed by atoms with Crippen molar-refractivity contribution in [2.75, 3.05) is 19.6 Å². The van der Waals surface area contributed by atoms with E-state index in [-0.39, 0.29) is 11.7 Å². The molecule has 0 spiro atoms. The van der Waals surface area contributed by atoms with Crippen LogP contribution in [0.3, 0.4) is 0 Å². The lowest BCUT2D eigenvalue weighted by Gasteiger charge is -2.34. The molecule has 1 atom stereocenters. The van der Waals surface area contributed by atoms with Gasteiger partial charge in [-0.05, 0) is 37.5 Å². The Hall–Kier alpha value is -1.42. The Morgan fingerprint density at radius 3 is 2.89 bits per heavy atom. The molecule has 2 fully saturated rings. The number of carbonyl (C=O) groups is 1. The third kappa shape index (κ3) is 2.25. The summed E-state index contributed by atoms with van der Waals surface area (Å²) in [5.74, 6) is -0.0864. The molecule has 3 rings (SSSR count). The van der Waals surface area contributed by atoms with Gasteiger partial charge in [0.2, 0.25) is 5.91 Å². The molecule has 1 amide bonds. The molecule has 1 heterocycles. The molecular formula is C15H19FN2O. The molecule has 1 aromatic rings. The van der Waals surface area contributed by atoms with Gasteiger partial charge < -0.3 is 10.2 Å². The van der Waals surface area contributed by atoms with Crippen molar-refractivity contribution in [3.05, 3.63) is 35.6 Å². The minimum atomic E-state index is -0.445. The second-order valence-electron chi connectivity index (χ2n) is 5.70. The third-order valence-electron chi connectivity index (χ3n) is 4.19. The van der Waals surface area contributed by atoms with Crippen molar-refractivity contribution in [2.45, 2.75) is 31.2 Å². The number of hydrogen-bond acceptors (Lipinski definition) is 2. The van der Waals surface area contributed by atoms with Crippen LogP contribution in [-0.4, -0.2) is 36.5 Å². The van der Waals surface area contributed by atoms with E-state index in [9.17, 15) is 9.18 Å². The largest absolute Gasteiger partial charge is 0.339 e. The molecule has 0 bridgehead atoms. The van der Waals surface area contributed by atoms with Gasteiger partial charge in [0.05, 0.1) is 5.41 Å². The van der Waals surface area contributed by atoms with Crippen molar-refractivity contribution in [2.24, 2.45) is 0 Å². The highest BCUT2D eigenvalue weighted by Crippen LogP contribution is 2.49. The quantitative estimate of drug-likeness (QED) is 0.879. The highest BCUT2D eigenvalue weighted by molar-refractivity contribution is 5.91. The van der Waals surface area contributed by atoms with E-state index in [1.54, 1.807) is 6.07 Å². The zero-order chi connectivity index (χ0) is 13.5. The SMILES string of the molecule is C[C@H]1CN(C(=O)C2(c3cccc(F)c3)CC2)CCN1. The summed E-state index contributed by atoms with van der Waals surface area (Å²) in [5.41, 5.74) is 0.391. The number of amides is 1. The zero-order valence-corrected chi connectivity index (χ0v) is 11.2. The van der Waals surface area contributed by atoms with Crippen LogP contribution in [0.1, 0.15) is 25.3 Å². The van der Waals surface area contributed by atoms with Crippen LogP contribution < -0.4 is 5.32 Å². The molecule has 1 aromatic carbocycles. The fourth-order valence-corrected chi connectivity index (χ4v) is 2.96. The predicted octanol–water partition coefficient (Wildman–Crippen LogP) is 1.68.